The normalized spacial score (nSPS) is 11.7. The van der Waals surface area contributed by atoms with Gasteiger partial charge in [0, 0.05) is 0 Å². The molecule has 0 unspecified atom stereocenters. The Morgan fingerprint density at radius 1 is 1.32 bits per heavy atom. The molecule has 1 aromatic rings. The summed E-state index contributed by atoms with van der Waals surface area (Å²) in [7, 11) is -4.04. The van der Waals surface area contributed by atoms with Gasteiger partial charge in [-0.3, -0.25) is 0 Å². The number of carboxylic acid groups (broad SMARTS) is 1. The summed E-state index contributed by atoms with van der Waals surface area (Å²) in [6, 6.07) is 2.11. The first-order valence-corrected chi connectivity index (χ1v) is 6.67. The van der Waals surface area contributed by atoms with Crippen molar-refractivity contribution in [3.8, 4) is 0 Å². The fourth-order valence-electron chi connectivity index (χ4n) is 1.34. The van der Waals surface area contributed by atoms with Crippen LogP contribution in [-0.4, -0.2) is 49.0 Å². The average Bonchev–Trinajstić information content (AvgIpc) is 2.35. The lowest BCUT2D eigenvalue weighted by molar-refractivity contribution is 0.0697. The van der Waals surface area contributed by atoms with Crippen LogP contribution in [0, 0.1) is 0 Å². The van der Waals surface area contributed by atoms with Crippen molar-refractivity contribution in [1.29, 1.82) is 0 Å². The zero-order valence-corrected chi connectivity index (χ0v) is 10.6. The van der Waals surface area contributed by atoms with Gasteiger partial charge >= 0.3 is 5.97 Å². The Kier molecular flexibility index (Phi) is 4.84. The summed E-state index contributed by atoms with van der Waals surface area (Å²) >= 11 is 0. The summed E-state index contributed by atoms with van der Waals surface area (Å²) in [6.45, 7) is -1.16. The minimum absolute atomic E-state index is 0.141. The second-order valence-electron chi connectivity index (χ2n) is 3.74. The van der Waals surface area contributed by atoms with Crippen LogP contribution >= 0.6 is 0 Å². The van der Waals surface area contributed by atoms with Crippen molar-refractivity contribution in [1.82, 2.24) is 4.72 Å². The molecule has 0 aliphatic carbocycles. The number of rotatable bonds is 6. The van der Waals surface area contributed by atoms with E-state index in [1.807, 2.05) is 4.72 Å². The van der Waals surface area contributed by atoms with E-state index in [4.69, 9.17) is 21.1 Å². The van der Waals surface area contributed by atoms with Crippen molar-refractivity contribution < 1.29 is 28.5 Å². The van der Waals surface area contributed by atoms with Crippen LogP contribution < -0.4 is 10.5 Å². The van der Waals surface area contributed by atoms with Gasteiger partial charge in [0.25, 0.3) is 0 Å². The Balaban J connectivity index is 3.12. The lowest BCUT2D eigenvalue weighted by Gasteiger charge is -2.15. The zero-order valence-electron chi connectivity index (χ0n) is 9.78. The summed E-state index contributed by atoms with van der Waals surface area (Å²) in [5.74, 6) is -1.23. The van der Waals surface area contributed by atoms with E-state index in [-0.39, 0.29) is 16.1 Å². The van der Waals surface area contributed by atoms with Gasteiger partial charge in [-0.1, -0.05) is 0 Å². The maximum absolute atomic E-state index is 11.9. The Bertz CT molecular complexity index is 567. The first-order valence-electron chi connectivity index (χ1n) is 5.18. The number of anilines is 1. The summed E-state index contributed by atoms with van der Waals surface area (Å²) in [6.07, 6.45) is 0. The number of benzene rings is 1. The van der Waals surface area contributed by atoms with Crippen molar-refractivity contribution in [3.63, 3.8) is 0 Å². The quantitative estimate of drug-likeness (QED) is 0.404. The summed E-state index contributed by atoms with van der Waals surface area (Å²) < 4.78 is 25.8. The maximum atomic E-state index is 11.9. The summed E-state index contributed by atoms with van der Waals surface area (Å²) in [4.78, 5) is 10.4. The summed E-state index contributed by atoms with van der Waals surface area (Å²) in [5.41, 5.74) is 5.12. The second-order valence-corrected chi connectivity index (χ2v) is 5.42. The van der Waals surface area contributed by atoms with Gasteiger partial charge in [-0.15, -0.1) is 0 Å². The molecule has 0 radical (unpaired) electrons. The highest BCUT2D eigenvalue weighted by Gasteiger charge is 2.22. The number of carbonyl (C=O) groups is 1. The van der Waals surface area contributed by atoms with Gasteiger partial charge in [0.2, 0.25) is 10.0 Å². The molecular formula is C10H14N2O6S. The molecule has 106 valence electrons. The van der Waals surface area contributed by atoms with Gasteiger partial charge in [-0.2, -0.15) is 0 Å². The number of aliphatic hydroxyl groups is 2. The lowest BCUT2D eigenvalue weighted by atomic mass is 10.2. The molecule has 0 amide bonds. The number of aromatic carboxylic acids is 1. The average molecular weight is 290 g/mol. The molecule has 1 aromatic carbocycles. The lowest BCUT2D eigenvalue weighted by Crippen LogP contribution is -2.40. The Hall–Kier alpha value is -1.68. The van der Waals surface area contributed by atoms with Crippen LogP contribution in [0.2, 0.25) is 0 Å². The number of nitrogen functional groups attached to an aromatic ring is 1. The first-order chi connectivity index (χ1) is 8.81. The summed E-state index contributed by atoms with van der Waals surface area (Å²) in [5, 5.41) is 26.4. The molecule has 0 saturated heterocycles. The number of hydrogen-bond donors (Lipinski definition) is 5. The number of aliphatic hydroxyl groups excluding tert-OH is 2. The molecule has 0 aromatic heterocycles. The maximum Gasteiger partial charge on any atom is 0.335 e. The van der Waals surface area contributed by atoms with Crippen molar-refractivity contribution in [2.24, 2.45) is 0 Å². The van der Waals surface area contributed by atoms with Gasteiger partial charge in [0.1, 0.15) is 4.90 Å². The molecular weight excluding hydrogens is 276 g/mol. The number of nitrogens with two attached hydrogens (primary N) is 1. The standard InChI is InChI=1S/C10H14N2O6S/c11-8-3-6(10(15)16)1-2-9(8)19(17,18)12-7(4-13)5-14/h1-3,7,12-14H,4-5,11H2,(H,15,16). The van der Waals surface area contributed by atoms with Gasteiger partial charge in [0.05, 0.1) is 30.5 Å². The van der Waals surface area contributed by atoms with E-state index in [0.29, 0.717) is 0 Å². The predicted octanol–water partition coefficient (Wildman–Crippen LogP) is -1.40. The van der Waals surface area contributed by atoms with Gasteiger partial charge < -0.3 is 21.1 Å². The van der Waals surface area contributed by atoms with Gasteiger partial charge in [-0.05, 0) is 18.2 Å². The van der Waals surface area contributed by atoms with Crippen LogP contribution in [-0.2, 0) is 10.0 Å². The van der Waals surface area contributed by atoms with E-state index >= 15 is 0 Å². The highest BCUT2D eigenvalue weighted by molar-refractivity contribution is 7.89. The minimum atomic E-state index is -4.04. The van der Waals surface area contributed by atoms with Gasteiger partial charge in [0.15, 0.2) is 0 Å². The molecule has 0 fully saturated rings. The Morgan fingerprint density at radius 2 is 1.89 bits per heavy atom. The third kappa shape index (κ3) is 3.64. The molecule has 1 rings (SSSR count). The van der Waals surface area contributed by atoms with E-state index in [0.717, 1.165) is 18.2 Å². The van der Waals surface area contributed by atoms with Crippen LogP contribution in [0.25, 0.3) is 0 Å². The van der Waals surface area contributed by atoms with Crippen molar-refractivity contribution in [2.75, 3.05) is 18.9 Å². The van der Waals surface area contributed by atoms with Crippen molar-refractivity contribution >= 4 is 21.7 Å². The second kappa shape index (κ2) is 5.97. The van der Waals surface area contributed by atoms with Crippen molar-refractivity contribution in [2.45, 2.75) is 10.9 Å². The monoisotopic (exact) mass is 290 g/mol. The Labute approximate surface area is 109 Å². The van der Waals surface area contributed by atoms with Crippen LogP contribution in [0.4, 0.5) is 5.69 Å². The fraction of sp³-hybridized carbons (Fsp3) is 0.300. The van der Waals surface area contributed by atoms with Crippen LogP contribution in [0.5, 0.6) is 0 Å². The van der Waals surface area contributed by atoms with E-state index in [1.54, 1.807) is 0 Å². The number of nitrogens with one attached hydrogen (secondary N) is 1. The first kappa shape index (κ1) is 15.4. The number of carboxylic acids is 1. The van der Waals surface area contributed by atoms with E-state index in [2.05, 4.69) is 0 Å². The highest BCUT2D eigenvalue weighted by atomic mass is 32.2. The third-order valence-electron chi connectivity index (χ3n) is 2.31. The number of sulfonamides is 1. The SMILES string of the molecule is Nc1cc(C(=O)O)ccc1S(=O)(=O)NC(CO)CO. The largest absolute Gasteiger partial charge is 0.478 e. The van der Waals surface area contributed by atoms with Gasteiger partial charge in [-0.25, -0.2) is 17.9 Å². The molecule has 0 atom stereocenters. The molecule has 8 nitrogen and oxygen atoms in total. The topological polar surface area (TPSA) is 150 Å². The fourth-order valence-corrected chi connectivity index (χ4v) is 2.67. The zero-order chi connectivity index (χ0) is 14.6. The highest BCUT2D eigenvalue weighted by Crippen LogP contribution is 2.20. The minimum Gasteiger partial charge on any atom is -0.478 e. The Morgan fingerprint density at radius 3 is 2.32 bits per heavy atom. The molecule has 0 aliphatic rings. The molecule has 0 heterocycles. The molecule has 19 heavy (non-hydrogen) atoms. The van der Waals surface area contributed by atoms with E-state index in [9.17, 15) is 13.2 Å². The van der Waals surface area contributed by atoms with E-state index < -0.39 is 35.2 Å². The molecule has 0 aliphatic heterocycles. The third-order valence-corrected chi connectivity index (χ3v) is 3.90. The predicted molar refractivity (Wildman–Crippen MR) is 66.1 cm³/mol. The van der Waals surface area contributed by atoms with Crippen LogP contribution in [0.3, 0.4) is 0 Å². The van der Waals surface area contributed by atoms with Crippen molar-refractivity contribution in [3.05, 3.63) is 23.8 Å². The molecule has 0 spiro atoms. The smallest absolute Gasteiger partial charge is 0.335 e. The number of hydrogen-bond acceptors (Lipinski definition) is 6. The van der Waals surface area contributed by atoms with Crippen LogP contribution in [0.15, 0.2) is 23.1 Å². The van der Waals surface area contributed by atoms with Crippen LogP contribution in [0.1, 0.15) is 10.4 Å². The molecule has 6 N–H and O–H groups in total. The molecule has 0 saturated carbocycles. The molecule has 0 bridgehead atoms. The van der Waals surface area contributed by atoms with E-state index in [1.165, 1.54) is 0 Å². The molecule has 9 heteroatoms.